The number of hydrogen-bond donors (Lipinski definition) is 1. The maximum absolute atomic E-state index is 13.0. The predicted octanol–water partition coefficient (Wildman–Crippen LogP) is 2.10. The second-order valence-corrected chi connectivity index (χ2v) is 9.09. The van der Waals surface area contributed by atoms with Crippen molar-refractivity contribution < 1.29 is 22.7 Å². The average molecular weight is 417 g/mol. The molecule has 1 aromatic carbocycles. The topological polar surface area (TPSA) is 97.8 Å². The van der Waals surface area contributed by atoms with E-state index in [1.54, 1.807) is 34.9 Å². The molecule has 1 amide bonds. The van der Waals surface area contributed by atoms with E-state index >= 15 is 0 Å². The molecule has 0 radical (unpaired) electrons. The summed E-state index contributed by atoms with van der Waals surface area (Å²) in [5, 5.41) is 2.69. The number of nitrogens with one attached hydrogen (secondary N) is 1. The highest BCUT2D eigenvalue weighted by molar-refractivity contribution is 7.89. The highest BCUT2D eigenvalue weighted by Crippen LogP contribution is 2.33. The number of rotatable bonds is 6. The van der Waals surface area contributed by atoms with Gasteiger partial charge in [-0.2, -0.15) is 4.31 Å². The van der Waals surface area contributed by atoms with Gasteiger partial charge in [0.25, 0.3) is 5.91 Å². The van der Waals surface area contributed by atoms with Gasteiger partial charge in [-0.25, -0.2) is 8.42 Å². The van der Waals surface area contributed by atoms with Crippen LogP contribution in [0.15, 0.2) is 42.7 Å². The van der Waals surface area contributed by atoms with Crippen molar-refractivity contribution >= 4 is 15.9 Å². The number of amides is 1. The van der Waals surface area contributed by atoms with Crippen LogP contribution in [0.3, 0.4) is 0 Å². The molecule has 1 N–H and O–H groups in total. The second-order valence-electron chi connectivity index (χ2n) is 7.05. The fourth-order valence-corrected chi connectivity index (χ4v) is 5.31. The SMILES string of the molecule is O=C(NCCS(=O)(=O)N1CCCC[C@@H]1c1cccnc1)c1ccc2c(c1)OCO2. The first-order valence-corrected chi connectivity index (χ1v) is 11.2. The summed E-state index contributed by atoms with van der Waals surface area (Å²) in [6.45, 7) is 0.649. The lowest BCUT2D eigenvalue weighted by atomic mass is 9.99. The maximum atomic E-state index is 13.0. The first-order valence-electron chi connectivity index (χ1n) is 9.62. The Kier molecular flexibility index (Phi) is 5.68. The molecule has 8 nitrogen and oxygen atoms in total. The summed E-state index contributed by atoms with van der Waals surface area (Å²) in [5.74, 6) is 0.606. The van der Waals surface area contributed by atoms with Gasteiger partial charge in [0.1, 0.15) is 0 Å². The molecule has 0 bridgehead atoms. The molecule has 29 heavy (non-hydrogen) atoms. The lowest BCUT2D eigenvalue weighted by Crippen LogP contribution is -2.42. The molecule has 2 aliphatic rings. The summed E-state index contributed by atoms with van der Waals surface area (Å²) < 4.78 is 38.0. The van der Waals surface area contributed by atoms with E-state index in [0.717, 1.165) is 24.8 Å². The molecule has 0 unspecified atom stereocenters. The van der Waals surface area contributed by atoms with E-state index in [9.17, 15) is 13.2 Å². The average Bonchev–Trinajstić information content (AvgIpc) is 3.22. The number of carbonyl (C=O) groups excluding carboxylic acids is 1. The number of carbonyl (C=O) groups is 1. The van der Waals surface area contributed by atoms with Crippen LogP contribution in [-0.4, -0.2) is 49.2 Å². The first-order chi connectivity index (χ1) is 14.0. The maximum Gasteiger partial charge on any atom is 0.251 e. The third kappa shape index (κ3) is 4.35. The molecule has 1 aromatic heterocycles. The van der Waals surface area contributed by atoms with Gasteiger partial charge in [-0.15, -0.1) is 0 Å². The number of sulfonamides is 1. The molecule has 3 heterocycles. The van der Waals surface area contributed by atoms with Crippen molar-refractivity contribution in [1.29, 1.82) is 0 Å². The van der Waals surface area contributed by atoms with Gasteiger partial charge in [0.15, 0.2) is 11.5 Å². The van der Waals surface area contributed by atoms with Gasteiger partial charge in [-0.05, 0) is 42.7 Å². The number of pyridine rings is 1. The predicted molar refractivity (Wildman–Crippen MR) is 106 cm³/mol. The highest BCUT2D eigenvalue weighted by atomic mass is 32.2. The van der Waals surface area contributed by atoms with E-state index in [-0.39, 0.29) is 31.0 Å². The van der Waals surface area contributed by atoms with Crippen LogP contribution >= 0.6 is 0 Å². The summed E-state index contributed by atoms with van der Waals surface area (Å²) in [6.07, 6.45) is 5.98. The Morgan fingerprint density at radius 3 is 2.90 bits per heavy atom. The number of benzene rings is 1. The van der Waals surface area contributed by atoms with Gasteiger partial charge in [-0.3, -0.25) is 9.78 Å². The van der Waals surface area contributed by atoms with Crippen molar-refractivity contribution in [3.63, 3.8) is 0 Å². The van der Waals surface area contributed by atoms with Crippen LogP contribution < -0.4 is 14.8 Å². The van der Waals surface area contributed by atoms with Crippen LogP contribution in [0.2, 0.25) is 0 Å². The molecule has 2 aliphatic heterocycles. The third-order valence-electron chi connectivity index (χ3n) is 5.16. The van der Waals surface area contributed by atoms with Crippen molar-refractivity contribution in [3.05, 3.63) is 53.9 Å². The van der Waals surface area contributed by atoms with Gasteiger partial charge < -0.3 is 14.8 Å². The van der Waals surface area contributed by atoms with Crippen molar-refractivity contribution in [3.8, 4) is 11.5 Å². The van der Waals surface area contributed by atoms with Crippen LogP contribution in [0.4, 0.5) is 0 Å². The van der Waals surface area contributed by atoms with Gasteiger partial charge in [-0.1, -0.05) is 12.5 Å². The van der Waals surface area contributed by atoms with Crippen LogP contribution in [-0.2, 0) is 10.0 Å². The molecule has 1 atom stereocenters. The van der Waals surface area contributed by atoms with Crippen molar-refractivity contribution in [2.24, 2.45) is 0 Å². The number of aromatic nitrogens is 1. The molecule has 1 saturated heterocycles. The highest BCUT2D eigenvalue weighted by Gasteiger charge is 2.33. The molecular formula is C20H23N3O5S. The summed E-state index contributed by atoms with van der Waals surface area (Å²) in [5.41, 5.74) is 1.30. The Balaban J connectivity index is 1.38. The zero-order valence-electron chi connectivity index (χ0n) is 15.9. The normalized spacial score (nSPS) is 19.1. The Bertz CT molecular complexity index is 981. The Labute approximate surface area is 169 Å². The van der Waals surface area contributed by atoms with Gasteiger partial charge in [0, 0.05) is 31.0 Å². The van der Waals surface area contributed by atoms with E-state index in [2.05, 4.69) is 10.3 Å². The minimum atomic E-state index is -3.52. The van der Waals surface area contributed by atoms with Crippen LogP contribution in [0, 0.1) is 0 Å². The summed E-state index contributed by atoms with van der Waals surface area (Å²) in [4.78, 5) is 16.5. The molecule has 154 valence electrons. The molecule has 9 heteroatoms. The fourth-order valence-electron chi connectivity index (χ4n) is 3.69. The first kappa shape index (κ1) is 19.7. The zero-order chi connectivity index (χ0) is 20.3. The Hall–Kier alpha value is -2.65. The van der Waals surface area contributed by atoms with E-state index < -0.39 is 10.0 Å². The number of ether oxygens (including phenoxy) is 2. The molecule has 0 aliphatic carbocycles. The summed E-state index contributed by atoms with van der Waals surface area (Å²) in [6, 6.07) is 8.41. The third-order valence-corrected chi connectivity index (χ3v) is 7.03. The van der Waals surface area contributed by atoms with E-state index in [1.807, 2.05) is 12.1 Å². The monoisotopic (exact) mass is 417 g/mol. The van der Waals surface area contributed by atoms with Gasteiger partial charge >= 0.3 is 0 Å². The number of piperidine rings is 1. The molecule has 2 aromatic rings. The van der Waals surface area contributed by atoms with Crippen LogP contribution in [0.5, 0.6) is 11.5 Å². The molecule has 4 rings (SSSR count). The fraction of sp³-hybridized carbons (Fsp3) is 0.400. The van der Waals surface area contributed by atoms with E-state index in [0.29, 0.717) is 23.6 Å². The van der Waals surface area contributed by atoms with Crippen molar-refractivity contribution in [2.75, 3.05) is 25.6 Å². The Morgan fingerprint density at radius 2 is 2.07 bits per heavy atom. The minimum Gasteiger partial charge on any atom is -0.454 e. The number of nitrogens with zero attached hydrogens (tertiary/aromatic N) is 2. The second kappa shape index (κ2) is 8.38. The van der Waals surface area contributed by atoms with Gasteiger partial charge in [0.2, 0.25) is 16.8 Å². The molecule has 0 saturated carbocycles. The summed E-state index contributed by atoms with van der Waals surface area (Å²) >= 11 is 0. The lowest BCUT2D eigenvalue weighted by Gasteiger charge is -2.34. The van der Waals surface area contributed by atoms with Gasteiger partial charge in [0.05, 0.1) is 11.8 Å². The standard InChI is InChI=1S/C20H23N3O5S/c24-20(15-6-7-18-19(12-15)28-14-27-18)22-9-11-29(25,26)23-10-2-1-5-17(23)16-4-3-8-21-13-16/h3-4,6-8,12-13,17H,1-2,5,9-11,14H2,(H,22,24)/t17-/m1/s1. The zero-order valence-corrected chi connectivity index (χ0v) is 16.7. The number of hydrogen-bond acceptors (Lipinski definition) is 6. The minimum absolute atomic E-state index is 0.0336. The van der Waals surface area contributed by atoms with Crippen LogP contribution in [0.1, 0.15) is 41.2 Å². The Morgan fingerprint density at radius 1 is 1.21 bits per heavy atom. The molecular weight excluding hydrogens is 394 g/mol. The quantitative estimate of drug-likeness (QED) is 0.773. The molecule has 0 spiro atoms. The molecule has 1 fully saturated rings. The largest absolute Gasteiger partial charge is 0.454 e. The number of fused-ring (bicyclic) bond motifs is 1. The van der Waals surface area contributed by atoms with E-state index in [4.69, 9.17) is 9.47 Å². The smallest absolute Gasteiger partial charge is 0.251 e. The van der Waals surface area contributed by atoms with Crippen molar-refractivity contribution in [1.82, 2.24) is 14.6 Å². The van der Waals surface area contributed by atoms with Crippen LogP contribution in [0.25, 0.3) is 0 Å². The van der Waals surface area contributed by atoms with E-state index in [1.165, 1.54) is 0 Å². The van der Waals surface area contributed by atoms with Crippen molar-refractivity contribution in [2.45, 2.75) is 25.3 Å². The summed E-state index contributed by atoms with van der Waals surface area (Å²) in [7, 11) is -3.52. The lowest BCUT2D eigenvalue weighted by molar-refractivity contribution is 0.0955.